The van der Waals surface area contributed by atoms with Crippen molar-refractivity contribution in [2.75, 3.05) is 7.05 Å². The molecule has 1 aliphatic carbocycles. The first kappa shape index (κ1) is 15.5. The molecule has 0 bridgehead atoms. The lowest BCUT2D eigenvalue weighted by Gasteiger charge is -2.04. The summed E-state index contributed by atoms with van der Waals surface area (Å²) in [7, 11) is 1.50. The fourth-order valence-electron chi connectivity index (χ4n) is 0.941. The maximum Gasteiger partial charge on any atom is 0.155 e. The number of rotatable bonds is 1. The molecule has 14 heavy (non-hydrogen) atoms. The first-order valence-electron chi connectivity index (χ1n) is 4.85. The van der Waals surface area contributed by atoms with E-state index < -0.39 is 0 Å². The average molecular weight is 201 g/mol. The topological polar surface area (TPSA) is 43.1 Å². The average Bonchev–Trinajstić information content (AvgIpc) is 2.24. The molecule has 0 saturated heterocycles. The zero-order valence-electron chi connectivity index (χ0n) is 9.43. The van der Waals surface area contributed by atoms with E-state index in [1.54, 1.807) is 0 Å². The highest BCUT2D eigenvalue weighted by Gasteiger charge is 2.07. The van der Waals surface area contributed by atoms with E-state index >= 15 is 0 Å². The van der Waals surface area contributed by atoms with Gasteiger partial charge in [0, 0.05) is 0 Å². The maximum atomic E-state index is 12.4. The normalized spacial score (nSPS) is 13.6. The standard InChI is InChI=1S/C8H9FO.C2H6.CH5N/c1-6(10)7-3-2-4-8(9)5-7;2*1-2/h4-5H,2-3H2,1H3;1-2H3;2H2,1H3. The first-order valence-corrected chi connectivity index (χ1v) is 4.85. The minimum absolute atomic E-state index is 0.0248. The Balaban J connectivity index is 0. The van der Waals surface area contributed by atoms with Crippen LogP contribution in [0.2, 0.25) is 0 Å². The number of hydrogen-bond donors (Lipinski definition) is 1. The van der Waals surface area contributed by atoms with Gasteiger partial charge in [0.15, 0.2) is 5.78 Å². The van der Waals surface area contributed by atoms with Gasteiger partial charge in [-0.1, -0.05) is 13.8 Å². The van der Waals surface area contributed by atoms with Gasteiger partial charge in [0.05, 0.1) is 0 Å². The van der Waals surface area contributed by atoms with Crippen molar-refractivity contribution in [1.82, 2.24) is 0 Å². The predicted octanol–water partition coefficient (Wildman–Crippen LogP) is 2.75. The molecule has 1 rings (SSSR count). The zero-order chi connectivity index (χ0) is 11.6. The van der Waals surface area contributed by atoms with Crippen LogP contribution in [0.15, 0.2) is 23.6 Å². The van der Waals surface area contributed by atoms with E-state index in [1.165, 1.54) is 26.1 Å². The highest BCUT2D eigenvalue weighted by Crippen LogP contribution is 2.18. The maximum absolute atomic E-state index is 12.4. The van der Waals surface area contributed by atoms with E-state index in [-0.39, 0.29) is 11.6 Å². The van der Waals surface area contributed by atoms with Crippen molar-refractivity contribution in [3.05, 3.63) is 23.6 Å². The molecule has 0 heterocycles. The molecule has 0 radical (unpaired) electrons. The summed E-state index contributed by atoms with van der Waals surface area (Å²) in [5.41, 5.74) is 5.10. The van der Waals surface area contributed by atoms with Crippen LogP contribution in [-0.4, -0.2) is 12.8 Å². The van der Waals surface area contributed by atoms with Crippen molar-refractivity contribution >= 4 is 5.78 Å². The van der Waals surface area contributed by atoms with Crippen molar-refractivity contribution < 1.29 is 9.18 Å². The Labute approximate surface area is 85.7 Å². The molecule has 0 fully saturated rings. The van der Waals surface area contributed by atoms with E-state index in [0.717, 1.165) is 0 Å². The molecular weight excluding hydrogens is 181 g/mol. The van der Waals surface area contributed by atoms with Crippen LogP contribution in [-0.2, 0) is 4.79 Å². The lowest BCUT2D eigenvalue weighted by Crippen LogP contribution is -1.99. The first-order chi connectivity index (χ1) is 6.70. The lowest BCUT2D eigenvalue weighted by molar-refractivity contribution is -0.113. The monoisotopic (exact) mass is 201 g/mol. The number of Topliss-reactive ketones (excluding diaryl/α,β-unsaturated/α-hetero) is 1. The molecule has 1 aliphatic rings. The van der Waals surface area contributed by atoms with Gasteiger partial charge in [-0.2, -0.15) is 0 Å². The van der Waals surface area contributed by atoms with E-state index in [0.29, 0.717) is 18.4 Å². The number of allylic oxidation sites excluding steroid dienone is 4. The Hall–Kier alpha value is -0.960. The summed E-state index contributed by atoms with van der Waals surface area (Å²) >= 11 is 0. The van der Waals surface area contributed by atoms with E-state index in [2.05, 4.69) is 5.73 Å². The summed E-state index contributed by atoms with van der Waals surface area (Å²) in [5, 5.41) is 0. The Bertz CT molecular complexity index is 219. The van der Waals surface area contributed by atoms with Crippen LogP contribution in [0.1, 0.15) is 33.6 Å². The molecule has 0 aliphatic heterocycles. The van der Waals surface area contributed by atoms with Gasteiger partial charge in [-0.3, -0.25) is 4.79 Å². The van der Waals surface area contributed by atoms with Gasteiger partial charge in [-0.15, -0.1) is 0 Å². The zero-order valence-corrected chi connectivity index (χ0v) is 9.43. The molecule has 3 heteroatoms. The SMILES string of the molecule is CC.CC(=O)C1=CC(F)=CCC1.CN. The molecule has 0 unspecified atom stereocenters. The Kier molecular flexibility index (Phi) is 11.2. The third-order valence-corrected chi connectivity index (χ3v) is 1.52. The molecule has 0 spiro atoms. The van der Waals surface area contributed by atoms with Crippen LogP contribution in [0.5, 0.6) is 0 Å². The number of nitrogens with two attached hydrogens (primary N) is 1. The van der Waals surface area contributed by atoms with Crippen LogP contribution < -0.4 is 5.73 Å². The molecule has 0 aromatic rings. The summed E-state index contributed by atoms with van der Waals surface area (Å²) in [6.07, 6.45) is 4.14. The van der Waals surface area contributed by atoms with Gasteiger partial charge in [-0.25, -0.2) is 4.39 Å². The Morgan fingerprint density at radius 3 is 2.21 bits per heavy atom. The molecule has 82 valence electrons. The Morgan fingerprint density at radius 1 is 1.43 bits per heavy atom. The summed E-state index contributed by atoms with van der Waals surface area (Å²) < 4.78 is 12.4. The van der Waals surface area contributed by atoms with Crippen molar-refractivity contribution in [3.63, 3.8) is 0 Å². The molecule has 0 amide bonds. The van der Waals surface area contributed by atoms with Gasteiger partial charge < -0.3 is 5.73 Å². The number of hydrogen-bond acceptors (Lipinski definition) is 2. The smallest absolute Gasteiger partial charge is 0.155 e. The molecule has 0 aromatic heterocycles. The number of halogens is 1. The van der Waals surface area contributed by atoms with Crippen LogP contribution in [0.25, 0.3) is 0 Å². The Morgan fingerprint density at radius 2 is 1.93 bits per heavy atom. The van der Waals surface area contributed by atoms with E-state index in [9.17, 15) is 9.18 Å². The largest absolute Gasteiger partial charge is 0.333 e. The van der Waals surface area contributed by atoms with Crippen molar-refractivity contribution in [3.8, 4) is 0 Å². The summed E-state index contributed by atoms with van der Waals surface area (Å²) in [6.45, 7) is 5.46. The van der Waals surface area contributed by atoms with Gasteiger partial charge >= 0.3 is 0 Å². The third kappa shape index (κ3) is 6.54. The molecule has 2 nitrogen and oxygen atoms in total. The molecule has 0 atom stereocenters. The summed E-state index contributed by atoms with van der Waals surface area (Å²) in [4.78, 5) is 10.7. The lowest BCUT2D eigenvalue weighted by atomic mass is 10.0. The van der Waals surface area contributed by atoms with Gasteiger partial charge in [-0.05, 0) is 44.5 Å². The number of carbonyl (C=O) groups is 1. The van der Waals surface area contributed by atoms with Crippen molar-refractivity contribution in [2.24, 2.45) is 5.73 Å². The van der Waals surface area contributed by atoms with Crippen LogP contribution in [0.3, 0.4) is 0 Å². The molecule has 2 N–H and O–H groups in total. The van der Waals surface area contributed by atoms with Crippen molar-refractivity contribution in [1.29, 1.82) is 0 Å². The number of carbonyl (C=O) groups excluding carboxylic acids is 1. The second-order valence-corrected chi connectivity index (χ2v) is 2.35. The quantitative estimate of drug-likeness (QED) is 0.708. The van der Waals surface area contributed by atoms with Gasteiger partial charge in [0.1, 0.15) is 5.83 Å². The van der Waals surface area contributed by atoms with Crippen LogP contribution in [0, 0.1) is 0 Å². The van der Waals surface area contributed by atoms with Gasteiger partial charge in [0.2, 0.25) is 0 Å². The molecule has 0 aromatic carbocycles. The highest BCUT2D eigenvalue weighted by atomic mass is 19.1. The molecule has 0 saturated carbocycles. The molecular formula is C11H20FNO. The summed E-state index contributed by atoms with van der Waals surface area (Å²) in [5.74, 6) is -0.306. The van der Waals surface area contributed by atoms with Crippen LogP contribution in [0.4, 0.5) is 4.39 Å². The van der Waals surface area contributed by atoms with Crippen molar-refractivity contribution in [2.45, 2.75) is 33.6 Å². The second-order valence-electron chi connectivity index (χ2n) is 2.35. The summed E-state index contributed by atoms with van der Waals surface area (Å²) in [6, 6.07) is 0. The fraction of sp³-hybridized carbons (Fsp3) is 0.545. The highest BCUT2D eigenvalue weighted by molar-refractivity contribution is 5.93. The second kappa shape index (κ2) is 10.1. The number of ketones is 1. The van der Waals surface area contributed by atoms with E-state index in [4.69, 9.17) is 0 Å². The van der Waals surface area contributed by atoms with Gasteiger partial charge in [0.25, 0.3) is 0 Å². The van der Waals surface area contributed by atoms with Crippen LogP contribution >= 0.6 is 0 Å². The minimum atomic E-state index is -0.281. The third-order valence-electron chi connectivity index (χ3n) is 1.52. The minimum Gasteiger partial charge on any atom is -0.333 e. The predicted molar refractivity (Wildman–Crippen MR) is 58.6 cm³/mol. The fourth-order valence-corrected chi connectivity index (χ4v) is 0.941. The van der Waals surface area contributed by atoms with E-state index in [1.807, 2.05) is 13.8 Å².